The molecule has 0 atom stereocenters. The number of benzene rings is 2. The number of carbonyl (C=O) groups is 2. The Hall–Kier alpha value is -3.66. The number of carbonyl (C=O) groups excluding carboxylic acids is 2. The van der Waals surface area contributed by atoms with Gasteiger partial charge in [-0.05, 0) is 37.6 Å². The van der Waals surface area contributed by atoms with Crippen molar-refractivity contribution in [3.63, 3.8) is 0 Å². The number of nitriles is 1. The highest BCUT2D eigenvalue weighted by Gasteiger charge is 2.16. The number of amides is 2. The summed E-state index contributed by atoms with van der Waals surface area (Å²) in [6.45, 7) is 3.60. The number of fused-ring (bicyclic) bond motifs is 1. The fraction of sp³-hybridized carbons (Fsp3) is 0.333. The maximum atomic E-state index is 12.6. The van der Waals surface area contributed by atoms with Crippen LogP contribution < -0.4 is 10.2 Å². The first-order valence-corrected chi connectivity index (χ1v) is 10.5. The van der Waals surface area contributed by atoms with Crippen molar-refractivity contribution in [2.45, 2.75) is 39.2 Å². The first-order valence-electron chi connectivity index (χ1n) is 10.5. The Morgan fingerprint density at radius 1 is 1.10 bits per heavy atom. The molecule has 0 unspecified atom stereocenters. The summed E-state index contributed by atoms with van der Waals surface area (Å²) in [5, 5.41) is 11.8. The van der Waals surface area contributed by atoms with Gasteiger partial charge in [0.05, 0.1) is 23.5 Å². The lowest BCUT2D eigenvalue weighted by Gasteiger charge is -2.21. The molecule has 0 saturated heterocycles. The highest BCUT2D eigenvalue weighted by Crippen LogP contribution is 2.16. The maximum absolute atomic E-state index is 12.6. The Morgan fingerprint density at radius 2 is 1.84 bits per heavy atom. The molecule has 31 heavy (non-hydrogen) atoms. The van der Waals surface area contributed by atoms with Crippen LogP contribution in [0.25, 0.3) is 11.0 Å². The molecule has 0 spiro atoms. The molecule has 1 heterocycles. The summed E-state index contributed by atoms with van der Waals surface area (Å²) in [4.78, 5) is 31.0. The van der Waals surface area contributed by atoms with Crippen LogP contribution in [0.3, 0.4) is 0 Å². The normalized spacial score (nSPS) is 10.6. The van der Waals surface area contributed by atoms with Crippen LogP contribution in [-0.2, 0) is 16.1 Å². The highest BCUT2D eigenvalue weighted by atomic mass is 16.2. The van der Waals surface area contributed by atoms with Gasteiger partial charge in [0.25, 0.3) is 0 Å². The zero-order valence-electron chi connectivity index (χ0n) is 17.8. The van der Waals surface area contributed by atoms with E-state index in [1.807, 2.05) is 61.5 Å². The van der Waals surface area contributed by atoms with E-state index in [-0.39, 0.29) is 31.1 Å². The van der Waals surface area contributed by atoms with E-state index in [4.69, 9.17) is 5.26 Å². The van der Waals surface area contributed by atoms with E-state index >= 15 is 0 Å². The first kappa shape index (κ1) is 22.0. The summed E-state index contributed by atoms with van der Waals surface area (Å²) in [6, 6.07) is 19.3. The van der Waals surface area contributed by atoms with Crippen LogP contribution in [0.5, 0.6) is 0 Å². The van der Waals surface area contributed by atoms with Gasteiger partial charge in [-0.25, -0.2) is 4.98 Å². The van der Waals surface area contributed by atoms with E-state index in [1.165, 1.54) is 0 Å². The van der Waals surface area contributed by atoms with Crippen molar-refractivity contribution >= 4 is 28.5 Å². The zero-order valence-corrected chi connectivity index (χ0v) is 17.8. The molecule has 1 N–H and O–H groups in total. The molecule has 0 aliphatic heterocycles. The third-order valence-electron chi connectivity index (χ3n) is 5.11. The Balaban J connectivity index is 1.44. The molecule has 0 fully saturated rings. The molecular weight excluding hydrogens is 390 g/mol. The smallest absolute Gasteiger partial charge is 0.227 e. The van der Waals surface area contributed by atoms with E-state index in [0.717, 1.165) is 35.5 Å². The summed E-state index contributed by atoms with van der Waals surface area (Å²) in [5.41, 5.74) is 2.81. The van der Waals surface area contributed by atoms with E-state index in [0.29, 0.717) is 13.1 Å². The molecule has 160 valence electrons. The molecule has 2 amide bonds. The van der Waals surface area contributed by atoms with Gasteiger partial charge in [0.2, 0.25) is 11.8 Å². The Morgan fingerprint density at radius 3 is 2.61 bits per heavy atom. The molecule has 3 rings (SSSR count). The molecule has 0 bridgehead atoms. The van der Waals surface area contributed by atoms with Gasteiger partial charge in [-0.1, -0.05) is 30.3 Å². The summed E-state index contributed by atoms with van der Waals surface area (Å²) in [7, 11) is 0. The number of hydrogen-bond acceptors (Lipinski definition) is 4. The van der Waals surface area contributed by atoms with Crippen LogP contribution in [-0.4, -0.2) is 34.5 Å². The maximum Gasteiger partial charge on any atom is 0.227 e. The van der Waals surface area contributed by atoms with E-state index in [1.54, 1.807) is 4.90 Å². The zero-order chi connectivity index (χ0) is 22.1. The van der Waals surface area contributed by atoms with Gasteiger partial charge in [-0.15, -0.1) is 0 Å². The summed E-state index contributed by atoms with van der Waals surface area (Å²) < 4.78 is 2.15. The van der Waals surface area contributed by atoms with Crippen molar-refractivity contribution in [1.82, 2.24) is 14.9 Å². The van der Waals surface area contributed by atoms with Gasteiger partial charge in [-0.2, -0.15) is 5.26 Å². The molecule has 2 aromatic carbocycles. The predicted octanol–water partition coefficient (Wildman–Crippen LogP) is 3.58. The van der Waals surface area contributed by atoms with Crippen LogP contribution in [0.4, 0.5) is 5.69 Å². The van der Waals surface area contributed by atoms with Crippen LogP contribution in [0, 0.1) is 18.3 Å². The van der Waals surface area contributed by atoms with Crippen molar-refractivity contribution in [2.75, 3.05) is 18.0 Å². The monoisotopic (exact) mass is 417 g/mol. The molecule has 0 aliphatic rings. The predicted molar refractivity (Wildman–Crippen MR) is 120 cm³/mol. The van der Waals surface area contributed by atoms with Crippen LogP contribution in [0.1, 0.15) is 31.5 Å². The second-order valence-corrected chi connectivity index (χ2v) is 7.29. The molecular formula is C24H27N5O2. The Kier molecular flexibility index (Phi) is 7.77. The minimum absolute atomic E-state index is 0.109. The highest BCUT2D eigenvalue weighted by molar-refractivity contribution is 5.95. The molecule has 7 heteroatoms. The van der Waals surface area contributed by atoms with Gasteiger partial charge >= 0.3 is 0 Å². The standard InChI is InChI=1S/C24H27N5O2/c1-19-27-21-11-5-6-12-22(21)28(19)18-8-16-26-23(30)13-14-24(31)29(17-7-15-25)20-9-3-2-4-10-20/h2-6,9-12H,7-8,13-14,16-18H2,1H3,(H,26,30). The number of anilines is 1. The summed E-state index contributed by atoms with van der Waals surface area (Å²) in [5.74, 6) is 0.655. The van der Waals surface area contributed by atoms with Gasteiger partial charge in [-0.3, -0.25) is 9.59 Å². The fourth-order valence-corrected chi connectivity index (χ4v) is 3.55. The van der Waals surface area contributed by atoms with Crippen molar-refractivity contribution in [3.8, 4) is 6.07 Å². The van der Waals surface area contributed by atoms with E-state index in [9.17, 15) is 9.59 Å². The number of para-hydroxylation sites is 3. The molecule has 0 radical (unpaired) electrons. The van der Waals surface area contributed by atoms with Gasteiger partial charge in [0, 0.05) is 38.2 Å². The second kappa shape index (κ2) is 10.9. The number of nitrogens with one attached hydrogen (secondary N) is 1. The van der Waals surface area contributed by atoms with E-state index in [2.05, 4.69) is 20.9 Å². The van der Waals surface area contributed by atoms with Crippen LogP contribution in [0.15, 0.2) is 54.6 Å². The minimum atomic E-state index is -0.155. The second-order valence-electron chi connectivity index (χ2n) is 7.29. The fourth-order valence-electron chi connectivity index (χ4n) is 3.55. The quantitative estimate of drug-likeness (QED) is 0.511. The number of aryl methyl sites for hydroxylation is 2. The topological polar surface area (TPSA) is 91.0 Å². The SMILES string of the molecule is Cc1nc2ccccc2n1CCCNC(=O)CCC(=O)N(CCC#N)c1ccccc1. The lowest BCUT2D eigenvalue weighted by atomic mass is 10.2. The summed E-state index contributed by atoms with van der Waals surface area (Å²) >= 11 is 0. The first-order chi connectivity index (χ1) is 15.1. The Bertz CT molecular complexity index is 1070. The average molecular weight is 418 g/mol. The largest absolute Gasteiger partial charge is 0.356 e. The van der Waals surface area contributed by atoms with Gasteiger partial charge < -0.3 is 14.8 Å². The summed E-state index contributed by atoms with van der Waals surface area (Å²) in [6.07, 6.45) is 1.26. The van der Waals surface area contributed by atoms with Crippen LogP contribution in [0.2, 0.25) is 0 Å². The number of imidazole rings is 1. The number of rotatable bonds is 10. The molecule has 1 aromatic heterocycles. The van der Waals surface area contributed by atoms with E-state index < -0.39 is 0 Å². The lowest BCUT2D eigenvalue weighted by molar-refractivity contribution is -0.125. The van der Waals surface area contributed by atoms with Crippen molar-refractivity contribution in [2.24, 2.45) is 0 Å². The van der Waals surface area contributed by atoms with Crippen LogP contribution >= 0.6 is 0 Å². The number of nitrogens with zero attached hydrogens (tertiary/aromatic N) is 4. The third kappa shape index (κ3) is 5.92. The van der Waals surface area contributed by atoms with Crippen molar-refractivity contribution in [3.05, 3.63) is 60.4 Å². The third-order valence-corrected chi connectivity index (χ3v) is 5.11. The van der Waals surface area contributed by atoms with Gasteiger partial charge in [0.15, 0.2) is 0 Å². The van der Waals surface area contributed by atoms with Gasteiger partial charge in [0.1, 0.15) is 5.82 Å². The molecule has 0 aliphatic carbocycles. The molecule has 3 aromatic rings. The molecule has 7 nitrogen and oxygen atoms in total. The number of aromatic nitrogens is 2. The van der Waals surface area contributed by atoms with Crippen molar-refractivity contribution < 1.29 is 9.59 Å². The molecule has 0 saturated carbocycles. The van der Waals surface area contributed by atoms with Crippen molar-refractivity contribution in [1.29, 1.82) is 5.26 Å². The average Bonchev–Trinajstić information content (AvgIpc) is 3.11. The Labute approximate surface area is 182 Å². The lowest BCUT2D eigenvalue weighted by Crippen LogP contribution is -2.33. The minimum Gasteiger partial charge on any atom is -0.356 e. The number of hydrogen-bond donors (Lipinski definition) is 1.